The minimum Gasteiger partial charge on any atom is -0.342 e. The molecule has 42 heavy (non-hydrogen) atoms. The van der Waals surface area contributed by atoms with Gasteiger partial charge in [-0.2, -0.15) is 0 Å². The van der Waals surface area contributed by atoms with Crippen LogP contribution in [0.25, 0.3) is 0 Å². The van der Waals surface area contributed by atoms with Crippen LogP contribution in [0.1, 0.15) is 57.1 Å². The van der Waals surface area contributed by atoms with E-state index in [0.717, 1.165) is 24.0 Å². The van der Waals surface area contributed by atoms with Crippen LogP contribution in [-0.4, -0.2) is 64.1 Å². The Labute approximate surface area is 254 Å². The van der Waals surface area contributed by atoms with Crippen LogP contribution in [0.3, 0.4) is 0 Å². The van der Waals surface area contributed by atoms with Gasteiger partial charge in [-0.25, -0.2) is 4.39 Å². The first kappa shape index (κ1) is 31.7. The lowest BCUT2D eigenvalue weighted by atomic mass is 9.92. The van der Waals surface area contributed by atoms with E-state index in [1.54, 1.807) is 0 Å². The second-order valence-electron chi connectivity index (χ2n) is 11.3. The lowest BCUT2D eigenvalue weighted by Crippen LogP contribution is -2.56. The first-order chi connectivity index (χ1) is 19.9. The Kier molecular flexibility index (Phi) is 10.1. The van der Waals surface area contributed by atoms with Crippen molar-refractivity contribution in [1.82, 2.24) is 15.1 Å². The van der Waals surface area contributed by atoms with Gasteiger partial charge in [-0.1, -0.05) is 47.5 Å². The number of hydrogen-bond acceptors (Lipinski definition) is 5. The maximum absolute atomic E-state index is 14.6. The second-order valence-corrected chi connectivity index (χ2v) is 12.1. The summed E-state index contributed by atoms with van der Waals surface area (Å²) < 4.78 is 14.6. The number of fused-ring (bicyclic) bond motifs is 1. The molecule has 0 radical (unpaired) electrons. The molecule has 1 saturated heterocycles. The standard InChI is InChI=1S/C30H36Cl2FN5O4/c1-30(2)13-5-15-38(30)25(40)11-10-24(39)37-17-19-7-4-3-6-18(19)16-23(37)29(42)36-22(12-14-34)28(41)35-21-9-8-20(31)26(32)27(21)33/h3-4,6-9,22-23H,5,10-17,34H2,1-2H3,(H,35,41)(H,36,42)/t22-,23-/m0/s1. The van der Waals surface area contributed by atoms with Gasteiger partial charge in [-0.3, -0.25) is 19.2 Å². The third kappa shape index (κ3) is 7.04. The molecule has 2 atom stereocenters. The Morgan fingerprint density at radius 3 is 2.43 bits per heavy atom. The van der Waals surface area contributed by atoms with Crippen molar-refractivity contribution in [1.29, 1.82) is 0 Å². The largest absolute Gasteiger partial charge is 0.342 e. The Bertz CT molecular complexity index is 1370. The number of nitrogens with zero attached hydrogens (tertiary/aromatic N) is 2. The van der Waals surface area contributed by atoms with Gasteiger partial charge in [0.1, 0.15) is 12.1 Å². The average Bonchev–Trinajstić information content (AvgIpc) is 3.33. The molecule has 0 unspecified atom stereocenters. The zero-order valence-corrected chi connectivity index (χ0v) is 25.2. The molecule has 0 aliphatic carbocycles. The molecule has 226 valence electrons. The molecule has 4 N–H and O–H groups in total. The van der Waals surface area contributed by atoms with Crippen molar-refractivity contribution in [2.45, 2.75) is 76.5 Å². The van der Waals surface area contributed by atoms with Gasteiger partial charge in [0.15, 0.2) is 5.82 Å². The number of nitrogens with one attached hydrogen (secondary N) is 2. The summed E-state index contributed by atoms with van der Waals surface area (Å²) in [5.74, 6) is -2.55. The van der Waals surface area contributed by atoms with Gasteiger partial charge in [-0.05, 0) is 62.9 Å². The number of hydrogen-bond donors (Lipinski definition) is 3. The number of likely N-dealkylation sites (tertiary alicyclic amines) is 1. The van der Waals surface area contributed by atoms with E-state index in [0.29, 0.717) is 6.54 Å². The summed E-state index contributed by atoms with van der Waals surface area (Å²) in [7, 11) is 0. The van der Waals surface area contributed by atoms with Crippen molar-refractivity contribution in [3.63, 3.8) is 0 Å². The van der Waals surface area contributed by atoms with E-state index in [1.165, 1.54) is 17.0 Å². The normalized spacial score (nSPS) is 18.3. The molecule has 2 aromatic carbocycles. The third-order valence-electron chi connectivity index (χ3n) is 8.01. The number of rotatable bonds is 9. The van der Waals surface area contributed by atoms with E-state index in [1.807, 2.05) is 43.0 Å². The van der Waals surface area contributed by atoms with Crippen molar-refractivity contribution >= 4 is 52.5 Å². The Balaban J connectivity index is 1.49. The van der Waals surface area contributed by atoms with Gasteiger partial charge < -0.3 is 26.2 Å². The smallest absolute Gasteiger partial charge is 0.247 e. The molecule has 2 heterocycles. The zero-order chi connectivity index (χ0) is 30.6. The highest BCUT2D eigenvalue weighted by atomic mass is 35.5. The highest BCUT2D eigenvalue weighted by Crippen LogP contribution is 2.31. The summed E-state index contributed by atoms with van der Waals surface area (Å²) in [6.45, 7) is 4.96. The highest BCUT2D eigenvalue weighted by Gasteiger charge is 2.38. The van der Waals surface area contributed by atoms with Gasteiger partial charge in [-0.15, -0.1) is 0 Å². The molecule has 0 bridgehead atoms. The van der Waals surface area contributed by atoms with Crippen LogP contribution < -0.4 is 16.4 Å². The predicted octanol–water partition coefficient (Wildman–Crippen LogP) is 4.04. The van der Waals surface area contributed by atoms with Crippen LogP contribution in [0.5, 0.6) is 0 Å². The van der Waals surface area contributed by atoms with Crippen molar-refractivity contribution in [3.05, 3.63) is 63.4 Å². The van der Waals surface area contributed by atoms with Crippen molar-refractivity contribution < 1.29 is 23.6 Å². The summed E-state index contributed by atoms with van der Waals surface area (Å²) in [5.41, 5.74) is 7.10. The van der Waals surface area contributed by atoms with Crippen molar-refractivity contribution in [3.8, 4) is 0 Å². The van der Waals surface area contributed by atoms with Crippen molar-refractivity contribution in [2.75, 3.05) is 18.4 Å². The SMILES string of the molecule is CC1(C)CCCN1C(=O)CCC(=O)N1Cc2ccccc2C[C@H]1C(=O)N[C@@H](CCN)C(=O)Nc1ccc(Cl)c(Cl)c1F. The van der Waals surface area contributed by atoms with Crippen LogP contribution in [0.4, 0.5) is 10.1 Å². The van der Waals surface area contributed by atoms with E-state index in [9.17, 15) is 23.6 Å². The van der Waals surface area contributed by atoms with E-state index in [4.69, 9.17) is 28.9 Å². The summed E-state index contributed by atoms with van der Waals surface area (Å²) in [5, 5.41) is 4.80. The maximum atomic E-state index is 14.6. The van der Waals surface area contributed by atoms with E-state index >= 15 is 0 Å². The van der Waals surface area contributed by atoms with E-state index in [2.05, 4.69) is 10.6 Å². The summed E-state index contributed by atoms with van der Waals surface area (Å²) in [4.78, 5) is 56.5. The summed E-state index contributed by atoms with van der Waals surface area (Å²) >= 11 is 11.7. The fourth-order valence-electron chi connectivity index (χ4n) is 5.63. The molecule has 2 aromatic rings. The third-order valence-corrected chi connectivity index (χ3v) is 8.79. The fourth-order valence-corrected chi connectivity index (χ4v) is 5.94. The van der Waals surface area contributed by atoms with Gasteiger partial charge in [0, 0.05) is 37.9 Å². The molecule has 0 aromatic heterocycles. The van der Waals surface area contributed by atoms with Crippen LogP contribution in [0.2, 0.25) is 10.0 Å². The predicted molar refractivity (Wildman–Crippen MR) is 159 cm³/mol. The fraction of sp³-hybridized carbons (Fsp3) is 0.467. The van der Waals surface area contributed by atoms with Crippen LogP contribution in [0.15, 0.2) is 36.4 Å². The molecule has 4 rings (SSSR count). The van der Waals surface area contributed by atoms with Gasteiger partial charge >= 0.3 is 0 Å². The number of halogens is 3. The Hall–Kier alpha value is -3.21. The van der Waals surface area contributed by atoms with Crippen LogP contribution in [-0.2, 0) is 32.1 Å². The summed E-state index contributed by atoms with van der Waals surface area (Å²) in [6, 6.07) is 8.11. The highest BCUT2D eigenvalue weighted by molar-refractivity contribution is 6.42. The van der Waals surface area contributed by atoms with E-state index < -0.39 is 29.7 Å². The van der Waals surface area contributed by atoms with Gasteiger partial charge in [0.2, 0.25) is 23.6 Å². The minimum absolute atomic E-state index is 0.00726. The lowest BCUT2D eigenvalue weighted by molar-refractivity contribution is -0.144. The number of benzene rings is 2. The summed E-state index contributed by atoms with van der Waals surface area (Å²) in [6.07, 6.45) is 2.14. The number of anilines is 1. The maximum Gasteiger partial charge on any atom is 0.247 e. The number of amides is 4. The van der Waals surface area contributed by atoms with Crippen LogP contribution in [0, 0.1) is 5.82 Å². The van der Waals surface area contributed by atoms with Gasteiger partial charge in [0.05, 0.1) is 15.7 Å². The van der Waals surface area contributed by atoms with Gasteiger partial charge in [0.25, 0.3) is 0 Å². The minimum atomic E-state index is -1.11. The van der Waals surface area contributed by atoms with E-state index in [-0.39, 0.29) is 71.9 Å². The Morgan fingerprint density at radius 1 is 1.07 bits per heavy atom. The molecule has 12 heteroatoms. The molecule has 2 aliphatic heterocycles. The molecule has 0 saturated carbocycles. The lowest BCUT2D eigenvalue weighted by Gasteiger charge is -2.37. The number of nitrogens with two attached hydrogens (primary N) is 1. The molecular formula is C30H36Cl2FN5O4. The average molecular weight is 621 g/mol. The number of carbonyl (C=O) groups is 4. The second kappa shape index (κ2) is 13.4. The number of carbonyl (C=O) groups excluding carboxylic acids is 4. The monoisotopic (exact) mass is 619 g/mol. The molecule has 9 nitrogen and oxygen atoms in total. The van der Waals surface area contributed by atoms with Crippen molar-refractivity contribution in [2.24, 2.45) is 5.73 Å². The molecule has 2 aliphatic rings. The topological polar surface area (TPSA) is 125 Å². The first-order valence-corrected chi connectivity index (χ1v) is 14.8. The zero-order valence-electron chi connectivity index (χ0n) is 23.7. The Morgan fingerprint density at radius 2 is 1.76 bits per heavy atom. The molecule has 0 spiro atoms. The molecule has 1 fully saturated rings. The first-order valence-electron chi connectivity index (χ1n) is 14.0. The molecular weight excluding hydrogens is 584 g/mol. The quantitative estimate of drug-likeness (QED) is 0.365. The molecule has 4 amide bonds. The van der Waals surface area contributed by atoms with Crippen LogP contribution >= 0.6 is 23.2 Å².